The van der Waals surface area contributed by atoms with E-state index in [-0.39, 0.29) is 6.42 Å². The van der Waals surface area contributed by atoms with Gasteiger partial charge in [-0.25, -0.2) is 4.98 Å². The number of nitrogens with two attached hydrogens (primary N) is 1. The highest BCUT2D eigenvalue weighted by atomic mass is 16.4. The summed E-state index contributed by atoms with van der Waals surface area (Å²) in [6, 6.07) is 3.21. The number of aliphatic carboxylic acids is 1. The van der Waals surface area contributed by atoms with E-state index in [4.69, 9.17) is 10.8 Å². The summed E-state index contributed by atoms with van der Waals surface area (Å²) in [7, 11) is 0. The number of primary amides is 1. The predicted molar refractivity (Wildman–Crippen MR) is 69.8 cm³/mol. The number of carbonyl (C=O) groups excluding carboxylic acids is 1. The molecule has 0 atom stereocenters. The molecule has 1 heterocycles. The third-order valence-electron chi connectivity index (χ3n) is 3.51. The van der Waals surface area contributed by atoms with Crippen LogP contribution in [0, 0.1) is 0 Å². The van der Waals surface area contributed by atoms with Crippen molar-refractivity contribution in [2.75, 3.05) is 5.32 Å². The van der Waals surface area contributed by atoms with Crippen molar-refractivity contribution < 1.29 is 14.7 Å². The number of carbonyl (C=O) groups is 2. The Kier molecular flexibility index (Phi) is 3.69. The Balaban J connectivity index is 2.27. The van der Waals surface area contributed by atoms with Gasteiger partial charge in [0.15, 0.2) is 0 Å². The fourth-order valence-electron chi connectivity index (χ4n) is 2.64. The lowest BCUT2D eigenvalue weighted by molar-refractivity contribution is -0.138. The van der Waals surface area contributed by atoms with Crippen LogP contribution in [0.15, 0.2) is 18.3 Å². The summed E-state index contributed by atoms with van der Waals surface area (Å²) in [5.41, 5.74) is 5.07. The molecule has 6 heteroatoms. The zero-order valence-electron chi connectivity index (χ0n) is 10.6. The Morgan fingerprint density at radius 2 is 2.11 bits per heavy atom. The maximum Gasteiger partial charge on any atom is 0.305 e. The van der Waals surface area contributed by atoms with Gasteiger partial charge in [0.05, 0.1) is 12.0 Å². The topological polar surface area (TPSA) is 105 Å². The van der Waals surface area contributed by atoms with Crippen LogP contribution in [0.1, 0.15) is 42.5 Å². The molecule has 0 spiro atoms. The summed E-state index contributed by atoms with van der Waals surface area (Å²) in [6.07, 6.45) is 5.03. The van der Waals surface area contributed by atoms with Crippen molar-refractivity contribution in [2.45, 2.75) is 37.6 Å². The molecule has 102 valence electrons. The zero-order valence-corrected chi connectivity index (χ0v) is 10.6. The molecular weight excluding hydrogens is 246 g/mol. The van der Waals surface area contributed by atoms with Crippen LogP contribution in [-0.2, 0) is 4.79 Å². The standard InChI is InChI=1S/C13H17N3O3/c14-11(19)9-4-3-7-15-12(9)16-13(8-10(17)18)5-1-2-6-13/h3-4,7H,1-2,5-6,8H2,(H2,14,19)(H,15,16)(H,17,18). The summed E-state index contributed by atoms with van der Waals surface area (Å²) in [5.74, 6) is -1.05. The first-order valence-electron chi connectivity index (χ1n) is 6.27. The second-order valence-electron chi connectivity index (χ2n) is 4.95. The normalized spacial score (nSPS) is 17.1. The van der Waals surface area contributed by atoms with E-state index in [1.54, 1.807) is 18.3 Å². The average molecular weight is 263 g/mol. The van der Waals surface area contributed by atoms with E-state index in [0.29, 0.717) is 11.4 Å². The molecule has 1 fully saturated rings. The number of carboxylic acid groups (broad SMARTS) is 1. The Morgan fingerprint density at radius 1 is 1.42 bits per heavy atom. The van der Waals surface area contributed by atoms with Crippen LogP contribution in [0.25, 0.3) is 0 Å². The van der Waals surface area contributed by atoms with E-state index < -0.39 is 17.4 Å². The van der Waals surface area contributed by atoms with Gasteiger partial charge in [-0.1, -0.05) is 12.8 Å². The lowest BCUT2D eigenvalue weighted by Gasteiger charge is -2.29. The van der Waals surface area contributed by atoms with Crippen molar-refractivity contribution in [3.8, 4) is 0 Å². The number of hydrogen-bond acceptors (Lipinski definition) is 4. The summed E-state index contributed by atoms with van der Waals surface area (Å²) in [5, 5.41) is 12.2. The first kappa shape index (κ1) is 13.3. The van der Waals surface area contributed by atoms with Crippen molar-refractivity contribution in [1.82, 2.24) is 4.98 Å². The van der Waals surface area contributed by atoms with Crippen molar-refractivity contribution in [3.05, 3.63) is 23.9 Å². The largest absolute Gasteiger partial charge is 0.481 e. The third-order valence-corrected chi connectivity index (χ3v) is 3.51. The lowest BCUT2D eigenvalue weighted by atomic mass is 9.93. The number of anilines is 1. The van der Waals surface area contributed by atoms with Crippen LogP contribution in [0.5, 0.6) is 0 Å². The molecule has 2 rings (SSSR count). The molecular formula is C13H17N3O3. The number of carboxylic acids is 1. The lowest BCUT2D eigenvalue weighted by Crippen LogP contribution is -2.38. The van der Waals surface area contributed by atoms with Gasteiger partial charge in [0.1, 0.15) is 5.82 Å². The second kappa shape index (κ2) is 5.26. The fraction of sp³-hybridized carbons (Fsp3) is 0.462. The summed E-state index contributed by atoms with van der Waals surface area (Å²) >= 11 is 0. The van der Waals surface area contributed by atoms with Crippen LogP contribution in [0.4, 0.5) is 5.82 Å². The molecule has 1 amide bonds. The minimum absolute atomic E-state index is 0.0157. The molecule has 0 aromatic carbocycles. The first-order valence-corrected chi connectivity index (χ1v) is 6.27. The molecule has 1 aliphatic rings. The number of hydrogen-bond donors (Lipinski definition) is 3. The van der Waals surface area contributed by atoms with Crippen LogP contribution in [0.3, 0.4) is 0 Å². The molecule has 0 saturated heterocycles. The average Bonchev–Trinajstić information content (AvgIpc) is 2.76. The van der Waals surface area contributed by atoms with Gasteiger partial charge in [-0.05, 0) is 25.0 Å². The molecule has 6 nitrogen and oxygen atoms in total. The SMILES string of the molecule is NC(=O)c1cccnc1NC1(CC(=O)O)CCCC1. The van der Waals surface area contributed by atoms with Crippen molar-refractivity contribution in [1.29, 1.82) is 0 Å². The number of nitrogens with one attached hydrogen (secondary N) is 1. The first-order chi connectivity index (χ1) is 9.02. The molecule has 0 aliphatic heterocycles. The quantitative estimate of drug-likeness (QED) is 0.744. The smallest absolute Gasteiger partial charge is 0.305 e. The van der Waals surface area contributed by atoms with E-state index in [0.717, 1.165) is 25.7 Å². The van der Waals surface area contributed by atoms with Crippen LogP contribution in [0.2, 0.25) is 0 Å². The summed E-state index contributed by atoms with van der Waals surface area (Å²) < 4.78 is 0. The third kappa shape index (κ3) is 3.01. The number of aromatic nitrogens is 1. The number of pyridine rings is 1. The van der Waals surface area contributed by atoms with Crippen molar-refractivity contribution in [2.24, 2.45) is 5.73 Å². The number of nitrogens with zero attached hydrogens (tertiary/aromatic N) is 1. The Bertz CT molecular complexity index is 496. The summed E-state index contributed by atoms with van der Waals surface area (Å²) in [6.45, 7) is 0. The van der Waals surface area contributed by atoms with Gasteiger partial charge in [-0.2, -0.15) is 0 Å². The number of rotatable bonds is 5. The molecule has 0 unspecified atom stereocenters. The maximum absolute atomic E-state index is 11.3. The minimum atomic E-state index is -0.856. The van der Waals surface area contributed by atoms with E-state index >= 15 is 0 Å². The number of amides is 1. The molecule has 4 N–H and O–H groups in total. The molecule has 1 aromatic heterocycles. The Morgan fingerprint density at radius 3 is 2.68 bits per heavy atom. The van der Waals surface area contributed by atoms with Crippen molar-refractivity contribution >= 4 is 17.7 Å². The van der Waals surface area contributed by atoms with Gasteiger partial charge in [0.2, 0.25) is 0 Å². The Labute approximate surface area is 111 Å². The van der Waals surface area contributed by atoms with Gasteiger partial charge in [0, 0.05) is 11.7 Å². The van der Waals surface area contributed by atoms with E-state index in [9.17, 15) is 9.59 Å². The van der Waals surface area contributed by atoms with Crippen LogP contribution < -0.4 is 11.1 Å². The van der Waals surface area contributed by atoms with Crippen LogP contribution >= 0.6 is 0 Å². The van der Waals surface area contributed by atoms with Gasteiger partial charge in [-0.3, -0.25) is 9.59 Å². The molecule has 1 aromatic rings. The van der Waals surface area contributed by atoms with E-state index in [2.05, 4.69) is 10.3 Å². The monoisotopic (exact) mass is 263 g/mol. The van der Waals surface area contributed by atoms with Gasteiger partial charge in [0.25, 0.3) is 5.91 Å². The minimum Gasteiger partial charge on any atom is -0.481 e. The highest BCUT2D eigenvalue weighted by Crippen LogP contribution is 2.36. The van der Waals surface area contributed by atoms with Gasteiger partial charge < -0.3 is 16.2 Å². The Hall–Kier alpha value is -2.11. The van der Waals surface area contributed by atoms with E-state index in [1.165, 1.54) is 0 Å². The molecule has 19 heavy (non-hydrogen) atoms. The fourth-order valence-corrected chi connectivity index (χ4v) is 2.64. The second-order valence-corrected chi connectivity index (χ2v) is 4.95. The molecule has 1 saturated carbocycles. The molecule has 0 bridgehead atoms. The summed E-state index contributed by atoms with van der Waals surface area (Å²) in [4.78, 5) is 26.5. The van der Waals surface area contributed by atoms with Crippen molar-refractivity contribution in [3.63, 3.8) is 0 Å². The molecule has 0 radical (unpaired) electrons. The van der Waals surface area contributed by atoms with E-state index in [1.807, 2.05) is 0 Å². The molecule has 1 aliphatic carbocycles. The van der Waals surface area contributed by atoms with Gasteiger partial charge >= 0.3 is 5.97 Å². The van der Waals surface area contributed by atoms with Crippen LogP contribution in [-0.4, -0.2) is 27.5 Å². The van der Waals surface area contributed by atoms with Gasteiger partial charge in [-0.15, -0.1) is 0 Å². The predicted octanol–water partition coefficient (Wildman–Crippen LogP) is 1.38. The highest BCUT2D eigenvalue weighted by Gasteiger charge is 2.37. The maximum atomic E-state index is 11.3. The highest BCUT2D eigenvalue weighted by molar-refractivity contribution is 5.97. The zero-order chi connectivity index (χ0) is 13.9.